The normalized spacial score (nSPS) is 16.9. The lowest BCUT2D eigenvalue weighted by atomic mass is 10.2. The monoisotopic (exact) mass is 170 g/mol. The number of likely N-dealkylation sites (N-methyl/N-ethyl adjacent to an activating group) is 2. The van der Waals surface area contributed by atoms with E-state index >= 15 is 0 Å². The Kier molecular flexibility index (Phi) is 3.69. The lowest BCUT2D eigenvalue weighted by Crippen LogP contribution is -2.32. The van der Waals surface area contributed by atoms with Gasteiger partial charge in [-0.3, -0.25) is 9.69 Å². The van der Waals surface area contributed by atoms with Crippen molar-refractivity contribution in [3.63, 3.8) is 0 Å². The first kappa shape index (κ1) is 9.68. The van der Waals surface area contributed by atoms with Gasteiger partial charge in [0.2, 0.25) is 0 Å². The average Bonchev–Trinajstić information content (AvgIpc) is 2.82. The van der Waals surface area contributed by atoms with Crippen LogP contribution < -0.4 is 5.32 Å². The summed E-state index contributed by atoms with van der Waals surface area (Å²) in [6, 6.07) is 0. The van der Waals surface area contributed by atoms with E-state index in [-0.39, 0.29) is 0 Å². The molecule has 0 amide bonds. The van der Waals surface area contributed by atoms with Crippen LogP contribution in [0.5, 0.6) is 0 Å². The summed E-state index contributed by atoms with van der Waals surface area (Å²) in [7, 11) is 3.92. The molecule has 0 atom stereocenters. The Labute approximate surface area is 74.1 Å². The van der Waals surface area contributed by atoms with Crippen molar-refractivity contribution in [2.24, 2.45) is 5.92 Å². The van der Waals surface area contributed by atoms with Crippen molar-refractivity contribution in [2.45, 2.75) is 12.8 Å². The zero-order chi connectivity index (χ0) is 8.97. The number of carbonyl (C=O) groups excluding carboxylic acids is 1. The van der Waals surface area contributed by atoms with Gasteiger partial charge in [0.05, 0.1) is 6.54 Å². The quantitative estimate of drug-likeness (QED) is 0.614. The standard InChI is InChI=1S/C9H18N2O/c1-10-5-6-11(2)7-9(12)8-3-4-8/h8,10H,3-7H2,1-2H3. The van der Waals surface area contributed by atoms with Gasteiger partial charge in [0.1, 0.15) is 5.78 Å². The second-order valence-corrected chi connectivity index (χ2v) is 3.58. The van der Waals surface area contributed by atoms with E-state index in [1.807, 2.05) is 14.1 Å². The van der Waals surface area contributed by atoms with E-state index in [9.17, 15) is 4.79 Å². The molecular weight excluding hydrogens is 152 g/mol. The van der Waals surface area contributed by atoms with Gasteiger partial charge < -0.3 is 5.32 Å². The Morgan fingerprint density at radius 1 is 1.58 bits per heavy atom. The zero-order valence-corrected chi connectivity index (χ0v) is 7.97. The molecule has 1 fully saturated rings. The van der Waals surface area contributed by atoms with Crippen LogP contribution in [0.15, 0.2) is 0 Å². The lowest BCUT2D eigenvalue weighted by molar-refractivity contribution is -0.121. The highest BCUT2D eigenvalue weighted by Crippen LogP contribution is 2.29. The van der Waals surface area contributed by atoms with Crippen molar-refractivity contribution in [1.29, 1.82) is 0 Å². The summed E-state index contributed by atoms with van der Waals surface area (Å²) in [6.45, 7) is 2.54. The predicted octanol–water partition coefficient (Wildman–Crippen LogP) is 0.117. The first-order valence-corrected chi connectivity index (χ1v) is 4.60. The number of hydrogen-bond acceptors (Lipinski definition) is 3. The minimum atomic E-state index is 0.405. The van der Waals surface area contributed by atoms with Gasteiger partial charge in [-0.05, 0) is 26.9 Å². The highest BCUT2D eigenvalue weighted by Gasteiger charge is 2.29. The smallest absolute Gasteiger partial charge is 0.149 e. The van der Waals surface area contributed by atoms with Gasteiger partial charge in [-0.25, -0.2) is 0 Å². The molecular formula is C9H18N2O. The molecule has 1 rings (SSSR count). The molecule has 3 nitrogen and oxygen atoms in total. The maximum atomic E-state index is 11.3. The van der Waals surface area contributed by atoms with Gasteiger partial charge in [-0.1, -0.05) is 0 Å². The van der Waals surface area contributed by atoms with Gasteiger partial charge in [-0.2, -0.15) is 0 Å². The Morgan fingerprint density at radius 3 is 2.75 bits per heavy atom. The van der Waals surface area contributed by atoms with Crippen LogP contribution in [0.4, 0.5) is 0 Å². The largest absolute Gasteiger partial charge is 0.318 e. The van der Waals surface area contributed by atoms with Crippen LogP contribution in [-0.2, 0) is 4.79 Å². The number of hydrogen-bond donors (Lipinski definition) is 1. The number of ketones is 1. The molecule has 0 aromatic carbocycles. The number of Topliss-reactive ketones (excluding diaryl/α,β-unsaturated/α-hetero) is 1. The molecule has 0 heterocycles. The molecule has 0 bridgehead atoms. The molecule has 0 unspecified atom stereocenters. The van der Waals surface area contributed by atoms with Crippen molar-refractivity contribution in [3.05, 3.63) is 0 Å². The maximum absolute atomic E-state index is 11.3. The van der Waals surface area contributed by atoms with Gasteiger partial charge in [-0.15, -0.1) is 0 Å². The molecule has 0 saturated heterocycles. The fraction of sp³-hybridized carbons (Fsp3) is 0.889. The summed E-state index contributed by atoms with van der Waals surface area (Å²) in [4.78, 5) is 13.4. The predicted molar refractivity (Wildman–Crippen MR) is 49.2 cm³/mol. The van der Waals surface area contributed by atoms with Crippen LogP contribution in [0.3, 0.4) is 0 Å². The fourth-order valence-electron chi connectivity index (χ4n) is 1.18. The van der Waals surface area contributed by atoms with Gasteiger partial charge in [0, 0.05) is 19.0 Å². The summed E-state index contributed by atoms with van der Waals surface area (Å²) >= 11 is 0. The third-order valence-corrected chi connectivity index (χ3v) is 2.20. The molecule has 3 heteroatoms. The molecule has 0 aromatic rings. The van der Waals surface area contributed by atoms with E-state index in [0.717, 1.165) is 25.9 Å². The van der Waals surface area contributed by atoms with E-state index in [4.69, 9.17) is 0 Å². The molecule has 12 heavy (non-hydrogen) atoms. The molecule has 0 aliphatic heterocycles. The molecule has 1 N–H and O–H groups in total. The molecule has 1 aliphatic rings. The van der Waals surface area contributed by atoms with Crippen molar-refractivity contribution in [1.82, 2.24) is 10.2 Å². The van der Waals surface area contributed by atoms with Crippen molar-refractivity contribution in [2.75, 3.05) is 33.7 Å². The lowest BCUT2D eigenvalue weighted by Gasteiger charge is -2.14. The summed E-state index contributed by atoms with van der Waals surface area (Å²) in [5, 5.41) is 3.06. The average molecular weight is 170 g/mol. The van der Waals surface area contributed by atoms with E-state index in [0.29, 0.717) is 18.2 Å². The summed E-state index contributed by atoms with van der Waals surface area (Å²) in [5.74, 6) is 0.829. The number of nitrogens with zero attached hydrogens (tertiary/aromatic N) is 1. The van der Waals surface area contributed by atoms with E-state index in [2.05, 4.69) is 10.2 Å². The van der Waals surface area contributed by atoms with Crippen LogP contribution in [-0.4, -0.2) is 44.4 Å². The minimum absolute atomic E-state index is 0.405. The number of nitrogens with one attached hydrogen (secondary N) is 1. The molecule has 1 aliphatic carbocycles. The Hall–Kier alpha value is -0.410. The van der Waals surface area contributed by atoms with Crippen LogP contribution >= 0.6 is 0 Å². The second-order valence-electron chi connectivity index (χ2n) is 3.58. The van der Waals surface area contributed by atoms with Gasteiger partial charge >= 0.3 is 0 Å². The molecule has 70 valence electrons. The van der Waals surface area contributed by atoms with E-state index in [1.54, 1.807) is 0 Å². The summed E-state index contributed by atoms with van der Waals surface area (Å²) < 4.78 is 0. The summed E-state index contributed by atoms with van der Waals surface area (Å²) in [5.41, 5.74) is 0. The van der Waals surface area contributed by atoms with Gasteiger partial charge in [0.15, 0.2) is 0 Å². The molecule has 0 radical (unpaired) electrons. The SMILES string of the molecule is CNCCN(C)CC(=O)C1CC1. The first-order chi connectivity index (χ1) is 5.74. The van der Waals surface area contributed by atoms with Crippen molar-refractivity contribution < 1.29 is 4.79 Å². The van der Waals surface area contributed by atoms with Crippen LogP contribution in [0.1, 0.15) is 12.8 Å². The van der Waals surface area contributed by atoms with Crippen molar-refractivity contribution >= 4 is 5.78 Å². The highest BCUT2D eigenvalue weighted by molar-refractivity contribution is 5.84. The second kappa shape index (κ2) is 4.58. The van der Waals surface area contributed by atoms with Crippen molar-refractivity contribution in [3.8, 4) is 0 Å². The Bertz CT molecular complexity index is 155. The fourth-order valence-corrected chi connectivity index (χ4v) is 1.18. The third kappa shape index (κ3) is 3.32. The zero-order valence-electron chi connectivity index (χ0n) is 7.97. The van der Waals surface area contributed by atoms with Gasteiger partial charge in [0.25, 0.3) is 0 Å². The molecule has 1 saturated carbocycles. The van der Waals surface area contributed by atoms with Crippen LogP contribution in [0.25, 0.3) is 0 Å². The first-order valence-electron chi connectivity index (χ1n) is 4.60. The van der Waals surface area contributed by atoms with E-state index in [1.165, 1.54) is 0 Å². The maximum Gasteiger partial charge on any atom is 0.149 e. The number of rotatable bonds is 6. The summed E-state index contributed by atoms with van der Waals surface area (Å²) in [6.07, 6.45) is 2.25. The van der Waals surface area contributed by atoms with Crippen LogP contribution in [0.2, 0.25) is 0 Å². The molecule has 0 spiro atoms. The molecule has 0 aromatic heterocycles. The van der Waals surface area contributed by atoms with E-state index < -0.39 is 0 Å². The van der Waals surface area contributed by atoms with Crippen LogP contribution in [0, 0.1) is 5.92 Å². The third-order valence-electron chi connectivity index (χ3n) is 2.20. The Balaban J connectivity index is 2.07. The highest BCUT2D eigenvalue weighted by atomic mass is 16.1. The minimum Gasteiger partial charge on any atom is -0.318 e. The topological polar surface area (TPSA) is 32.3 Å². The number of carbonyl (C=O) groups is 1. The Morgan fingerprint density at radius 2 is 2.25 bits per heavy atom.